The number of rotatable bonds is 8. The summed E-state index contributed by atoms with van der Waals surface area (Å²) in [4.78, 5) is 66.5. The van der Waals surface area contributed by atoms with Gasteiger partial charge >= 0.3 is 29.8 Å². The molecule has 8 aliphatic rings. The summed E-state index contributed by atoms with van der Waals surface area (Å²) in [6.07, 6.45) is 5.52. The Balaban J connectivity index is 0. The second-order valence-electron chi connectivity index (χ2n) is 17.1. The molecule has 12 unspecified atom stereocenters. The van der Waals surface area contributed by atoms with E-state index in [1.165, 1.54) is 0 Å². The van der Waals surface area contributed by atoms with Crippen molar-refractivity contribution in [1.82, 2.24) is 0 Å². The maximum atomic E-state index is 14.3. The standard InChI is InChI=1S/C35H48O10.8CH4/c1-16-21(23-9-22(16)27-25(23)14-42-31(27)39)7-20(29(37)44-33(3,4)5)8-24(26-17(2)28(36)43-32(26)40)30(38)45-35-12-18-6-19(13-35)11-34(41,10-18)15-35;;;;;;;;/h16-27,41H,6-15H2,1-5H3;8*1H4. The van der Waals surface area contributed by atoms with Crippen molar-refractivity contribution in [3.63, 3.8) is 0 Å². The van der Waals surface area contributed by atoms with Gasteiger partial charge in [-0.2, -0.15) is 0 Å². The van der Waals surface area contributed by atoms with E-state index in [1.807, 2.05) is 0 Å². The molecular formula is C43H80O10. The Kier molecular flexibility index (Phi) is 17.8. The van der Waals surface area contributed by atoms with E-state index in [0.717, 1.165) is 12.8 Å². The van der Waals surface area contributed by atoms with Gasteiger partial charge < -0.3 is 24.1 Å². The number of carbonyl (C=O) groups is 5. The van der Waals surface area contributed by atoms with Crippen LogP contribution in [-0.4, -0.2) is 58.4 Å². The molecule has 12 atom stereocenters. The van der Waals surface area contributed by atoms with Crippen molar-refractivity contribution < 1.29 is 48.0 Å². The summed E-state index contributed by atoms with van der Waals surface area (Å²) in [5.41, 5.74) is -2.43. The van der Waals surface area contributed by atoms with Crippen LogP contribution in [0.3, 0.4) is 0 Å². The molecule has 0 spiro atoms. The predicted octanol–water partition coefficient (Wildman–Crippen LogP) is 9.08. The lowest BCUT2D eigenvalue weighted by Crippen LogP contribution is -2.60. The van der Waals surface area contributed by atoms with Crippen LogP contribution in [-0.2, 0) is 42.9 Å². The van der Waals surface area contributed by atoms with Gasteiger partial charge in [-0.05, 0) is 108 Å². The van der Waals surface area contributed by atoms with Gasteiger partial charge in [0.15, 0.2) is 0 Å². The van der Waals surface area contributed by atoms with Crippen LogP contribution in [0.1, 0.15) is 152 Å². The van der Waals surface area contributed by atoms with Gasteiger partial charge in [-0.15, -0.1) is 0 Å². The quantitative estimate of drug-likeness (QED) is 0.145. The van der Waals surface area contributed by atoms with E-state index < -0.39 is 64.4 Å². The van der Waals surface area contributed by atoms with Gasteiger partial charge in [0.05, 0.1) is 41.8 Å². The smallest absolute Gasteiger partial charge is 0.318 e. The molecule has 0 aromatic heterocycles. The highest BCUT2D eigenvalue weighted by Crippen LogP contribution is 2.62. The van der Waals surface area contributed by atoms with Crippen LogP contribution < -0.4 is 0 Å². The summed E-state index contributed by atoms with van der Waals surface area (Å²) in [6, 6.07) is 0. The SMILES string of the molecule is C.C.C.C.C.C.C.C.CC1C(=O)OC(=O)C1C(CC(CC1C(C)C2CC1C1COC(=O)C21)C(=O)OC(C)(C)C)C(=O)OC12CC3CC(CC(O)(C3)C1)C2. The third-order valence-electron chi connectivity index (χ3n) is 12.9. The molecule has 10 nitrogen and oxygen atoms in total. The first-order valence-corrected chi connectivity index (χ1v) is 17.2. The molecule has 6 aliphatic carbocycles. The van der Waals surface area contributed by atoms with Crippen LogP contribution in [0.15, 0.2) is 0 Å². The number of esters is 5. The summed E-state index contributed by atoms with van der Waals surface area (Å²) in [6.45, 7) is 9.53. The molecule has 0 radical (unpaired) electrons. The fourth-order valence-electron chi connectivity index (χ4n) is 11.6. The van der Waals surface area contributed by atoms with Gasteiger partial charge in [-0.1, -0.05) is 73.3 Å². The van der Waals surface area contributed by atoms with Crippen molar-refractivity contribution in [2.75, 3.05) is 6.61 Å². The predicted molar refractivity (Wildman–Crippen MR) is 210 cm³/mol. The highest BCUT2D eigenvalue weighted by molar-refractivity contribution is 5.98. The van der Waals surface area contributed by atoms with Crippen LogP contribution in [0.25, 0.3) is 0 Å². The van der Waals surface area contributed by atoms with Gasteiger partial charge in [-0.25, -0.2) is 0 Å². The van der Waals surface area contributed by atoms with E-state index in [2.05, 4.69) is 6.92 Å². The van der Waals surface area contributed by atoms with E-state index in [1.54, 1.807) is 27.7 Å². The Morgan fingerprint density at radius 1 is 0.811 bits per heavy atom. The van der Waals surface area contributed by atoms with Crippen LogP contribution in [0.4, 0.5) is 0 Å². The lowest BCUT2D eigenvalue weighted by molar-refractivity contribution is -0.224. The zero-order valence-electron chi connectivity index (χ0n) is 27.1. The number of aliphatic hydroxyl groups is 1. The normalized spacial score (nSPS) is 38.8. The number of cyclic esters (lactones) is 3. The Labute approximate surface area is 323 Å². The van der Waals surface area contributed by atoms with Gasteiger partial charge in [0.1, 0.15) is 11.2 Å². The first-order valence-electron chi connectivity index (χ1n) is 17.2. The second-order valence-corrected chi connectivity index (χ2v) is 17.1. The fraction of sp³-hybridized carbons (Fsp3) is 0.884. The molecule has 0 amide bonds. The summed E-state index contributed by atoms with van der Waals surface area (Å²) >= 11 is 0. The molecule has 10 heteroatoms. The number of hydrogen-bond acceptors (Lipinski definition) is 10. The lowest BCUT2D eigenvalue weighted by atomic mass is 9.52. The van der Waals surface area contributed by atoms with E-state index in [-0.39, 0.29) is 119 Å². The maximum Gasteiger partial charge on any atom is 0.318 e. The van der Waals surface area contributed by atoms with Gasteiger partial charge in [0, 0.05) is 12.3 Å². The molecule has 8 rings (SSSR count). The first-order chi connectivity index (χ1) is 21.1. The van der Waals surface area contributed by atoms with Crippen LogP contribution in [0, 0.1) is 71.0 Å². The number of ether oxygens (including phenoxy) is 4. The first kappa shape index (κ1) is 52.6. The Morgan fingerprint density at radius 2 is 1.40 bits per heavy atom. The van der Waals surface area contributed by atoms with Gasteiger partial charge in [0.25, 0.3) is 0 Å². The van der Waals surface area contributed by atoms with Crippen LogP contribution >= 0.6 is 0 Å². The summed E-state index contributed by atoms with van der Waals surface area (Å²) in [5, 5.41) is 11.3. The summed E-state index contributed by atoms with van der Waals surface area (Å²) in [7, 11) is 0. The van der Waals surface area contributed by atoms with E-state index in [0.29, 0.717) is 45.1 Å². The van der Waals surface area contributed by atoms with Crippen molar-refractivity contribution in [2.24, 2.45) is 71.0 Å². The highest BCUT2D eigenvalue weighted by Gasteiger charge is 2.63. The molecule has 2 aliphatic heterocycles. The third kappa shape index (κ3) is 9.15. The molecule has 2 heterocycles. The summed E-state index contributed by atoms with van der Waals surface area (Å²) < 4.78 is 22.7. The Morgan fingerprint density at radius 3 is 1.91 bits per heavy atom. The third-order valence-corrected chi connectivity index (χ3v) is 12.9. The number of fused-ring (bicyclic) bond motifs is 5. The second kappa shape index (κ2) is 18.0. The largest absolute Gasteiger partial charge is 0.465 e. The lowest BCUT2D eigenvalue weighted by Gasteiger charge is -2.59. The van der Waals surface area contributed by atoms with Crippen molar-refractivity contribution in [2.45, 2.75) is 169 Å². The van der Waals surface area contributed by atoms with E-state index >= 15 is 0 Å². The zero-order chi connectivity index (χ0) is 32.2. The topological polar surface area (TPSA) is 143 Å². The molecule has 0 aromatic carbocycles. The molecule has 53 heavy (non-hydrogen) atoms. The van der Waals surface area contributed by atoms with Gasteiger partial charge in [0.2, 0.25) is 0 Å². The molecule has 0 aromatic rings. The van der Waals surface area contributed by atoms with Crippen molar-refractivity contribution in [1.29, 1.82) is 0 Å². The minimum Gasteiger partial charge on any atom is -0.465 e. The average molecular weight is 757 g/mol. The van der Waals surface area contributed by atoms with E-state index in [9.17, 15) is 29.1 Å². The molecule has 6 saturated carbocycles. The van der Waals surface area contributed by atoms with Gasteiger partial charge in [-0.3, -0.25) is 24.0 Å². The number of carbonyl (C=O) groups excluding carboxylic acids is 5. The van der Waals surface area contributed by atoms with Crippen molar-refractivity contribution >= 4 is 29.8 Å². The van der Waals surface area contributed by atoms with Crippen molar-refractivity contribution in [3.8, 4) is 0 Å². The fourth-order valence-corrected chi connectivity index (χ4v) is 11.6. The van der Waals surface area contributed by atoms with Crippen LogP contribution in [0.2, 0.25) is 0 Å². The Hall–Kier alpha value is -2.49. The minimum absolute atomic E-state index is 0. The summed E-state index contributed by atoms with van der Waals surface area (Å²) in [5.74, 6) is -5.03. The Bertz CT molecular complexity index is 1290. The van der Waals surface area contributed by atoms with E-state index in [4.69, 9.17) is 18.9 Å². The maximum absolute atomic E-state index is 14.3. The molecule has 2 saturated heterocycles. The molecule has 312 valence electrons. The zero-order valence-corrected chi connectivity index (χ0v) is 27.1. The molecule has 1 N–H and O–H groups in total. The van der Waals surface area contributed by atoms with Crippen molar-refractivity contribution in [3.05, 3.63) is 0 Å². The molecule has 6 bridgehead atoms. The molecular weight excluding hydrogens is 676 g/mol. The minimum atomic E-state index is -1.09. The highest BCUT2D eigenvalue weighted by atomic mass is 16.6. The van der Waals surface area contributed by atoms with Crippen LogP contribution in [0.5, 0.6) is 0 Å². The average Bonchev–Trinajstić information content (AvgIpc) is 3.61. The molecule has 8 fully saturated rings. The number of hydrogen-bond donors (Lipinski definition) is 1. The monoisotopic (exact) mass is 757 g/mol.